The zero-order valence-corrected chi connectivity index (χ0v) is 25.8. The number of anilines is 1. The molecule has 0 bridgehead atoms. The van der Waals surface area contributed by atoms with Crippen LogP contribution in [0.5, 0.6) is 0 Å². The summed E-state index contributed by atoms with van der Waals surface area (Å²) in [7, 11) is 0. The molecule has 0 aliphatic carbocycles. The highest BCUT2D eigenvalue weighted by molar-refractivity contribution is 5.86. The van der Waals surface area contributed by atoms with Crippen LogP contribution in [0.2, 0.25) is 0 Å². The van der Waals surface area contributed by atoms with Crippen LogP contribution in [-0.4, -0.2) is 76.0 Å². The van der Waals surface area contributed by atoms with Gasteiger partial charge in [0.05, 0.1) is 36.7 Å². The molecule has 1 atom stereocenters. The smallest absolute Gasteiger partial charge is 0.416 e. The molecule has 3 aromatic rings. The Balaban J connectivity index is 1.48. The van der Waals surface area contributed by atoms with Gasteiger partial charge in [-0.15, -0.1) is 5.10 Å². The van der Waals surface area contributed by atoms with E-state index in [-0.39, 0.29) is 24.4 Å². The van der Waals surface area contributed by atoms with Crippen molar-refractivity contribution < 1.29 is 32.2 Å². The molecule has 2 aliphatic heterocycles. The number of hydrogen-bond donors (Lipinski definition) is 1. The number of morpholine rings is 1. The van der Waals surface area contributed by atoms with Crippen molar-refractivity contribution in [1.29, 1.82) is 0 Å². The molecule has 2 aliphatic rings. The minimum absolute atomic E-state index is 0.0144. The maximum atomic E-state index is 13.8. The molecule has 4 heterocycles. The van der Waals surface area contributed by atoms with Crippen LogP contribution in [0.3, 0.4) is 0 Å². The number of benzene rings is 1. The second-order valence-corrected chi connectivity index (χ2v) is 12.3. The average molecular weight is 617 g/mol. The summed E-state index contributed by atoms with van der Waals surface area (Å²) >= 11 is 0. The molecular weight excluding hydrogens is 577 g/mol. The lowest BCUT2D eigenvalue weighted by Gasteiger charge is -2.28. The first-order chi connectivity index (χ1) is 20.7. The lowest BCUT2D eigenvalue weighted by molar-refractivity contribution is -0.138. The third-order valence-corrected chi connectivity index (χ3v) is 7.99. The van der Waals surface area contributed by atoms with Gasteiger partial charge in [0.1, 0.15) is 17.5 Å². The third kappa shape index (κ3) is 6.77. The normalized spacial score (nSPS) is 17.8. The lowest BCUT2D eigenvalue weighted by atomic mass is 9.98. The van der Waals surface area contributed by atoms with Gasteiger partial charge < -0.3 is 19.7 Å². The number of aromatic nitrogens is 3. The first-order valence-electron chi connectivity index (χ1n) is 14.9. The van der Waals surface area contributed by atoms with Gasteiger partial charge in [-0.2, -0.15) is 13.2 Å². The number of carbonyl (C=O) groups excluding carboxylic acids is 2. The molecule has 238 valence electrons. The van der Waals surface area contributed by atoms with E-state index >= 15 is 0 Å². The Morgan fingerprint density at radius 2 is 1.84 bits per heavy atom. The molecule has 1 N–H and O–H groups in total. The van der Waals surface area contributed by atoms with E-state index in [1.165, 1.54) is 17.9 Å². The number of nitrogens with one attached hydrogen (secondary N) is 1. The fourth-order valence-corrected chi connectivity index (χ4v) is 5.74. The zero-order valence-electron chi connectivity index (χ0n) is 25.8. The number of halogens is 3. The first-order valence-corrected chi connectivity index (χ1v) is 14.9. The maximum absolute atomic E-state index is 13.8. The van der Waals surface area contributed by atoms with E-state index in [0.717, 1.165) is 11.6 Å². The van der Waals surface area contributed by atoms with E-state index in [4.69, 9.17) is 19.6 Å². The van der Waals surface area contributed by atoms with Gasteiger partial charge in [-0.25, -0.2) is 14.3 Å². The van der Waals surface area contributed by atoms with Gasteiger partial charge in [-0.05, 0) is 76.3 Å². The van der Waals surface area contributed by atoms with Crippen LogP contribution in [0.15, 0.2) is 24.3 Å². The molecule has 2 amide bonds. The highest BCUT2D eigenvalue weighted by Gasteiger charge is 2.37. The van der Waals surface area contributed by atoms with E-state index in [2.05, 4.69) is 10.2 Å². The van der Waals surface area contributed by atoms with Crippen LogP contribution >= 0.6 is 0 Å². The fourth-order valence-electron chi connectivity index (χ4n) is 5.74. The summed E-state index contributed by atoms with van der Waals surface area (Å²) in [5, 5.41) is 7.80. The minimum Gasteiger partial charge on any atom is -0.444 e. The summed E-state index contributed by atoms with van der Waals surface area (Å²) in [5.74, 6) is 0.373. The van der Waals surface area contributed by atoms with Crippen molar-refractivity contribution in [1.82, 2.24) is 24.8 Å². The van der Waals surface area contributed by atoms with E-state index in [1.807, 2.05) is 13.0 Å². The van der Waals surface area contributed by atoms with Gasteiger partial charge in [0.15, 0.2) is 5.65 Å². The van der Waals surface area contributed by atoms with Crippen LogP contribution in [-0.2, 0) is 33.4 Å². The fraction of sp³-hybridized carbons (Fsp3) is 0.548. The zero-order chi connectivity index (χ0) is 31.8. The lowest BCUT2D eigenvalue weighted by Crippen LogP contribution is -2.47. The van der Waals surface area contributed by atoms with Gasteiger partial charge in [0.25, 0.3) is 0 Å². The molecule has 5 rings (SSSR count). The Labute approximate surface area is 254 Å². The monoisotopic (exact) mass is 616 g/mol. The molecule has 0 radical (unpaired) electrons. The molecule has 0 spiro atoms. The number of amides is 2. The minimum atomic E-state index is -4.49. The van der Waals surface area contributed by atoms with E-state index < -0.39 is 29.5 Å². The predicted octanol–water partition coefficient (Wildman–Crippen LogP) is 4.81. The van der Waals surface area contributed by atoms with Crippen LogP contribution in [0.4, 0.5) is 23.8 Å². The Hall–Kier alpha value is -3.87. The van der Waals surface area contributed by atoms with Gasteiger partial charge in [-0.1, -0.05) is 12.1 Å². The SMILES string of the molecule is Cc1c(Cc2c(CNC(=O)C3CCCN3C(=O)OC(C)(C)C)nc3c(C)cc(N4CCOCC4)nn23)cccc1C(F)(F)F. The second-order valence-electron chi connectivity index (χ2n) is 12.3. The summed E-state index contributed by atoms with van der Waals surface area (Å²) in [6, 6.07) is 5.39. The predicted molar refractivity (Wildman–Crippen MR) is 158 cm³/mol. The van der Waals surface area contributed by atoms with Crippen molar-refractivity contribution >= 4 is 23.5 Å². The number of carbonyl (C=O) groups is 2. The molecule has 2 saturated heterocycles. The van der Waals surface area contributed by atoms with Gasteiger partial charge >= 0.3 is 12.3 Å². The maximum Gasteiger partial charge on any atom is 0.416 e. The molecule has 44 heavy (non-hydrogen) atoms. The number of alkyl halides is 3. The molecule has 0 saturated carbocycles. The van der Waals surface area contributed by atoms with Crippen LogP contribution < -0.4 is 10.2 Å². The van der Waals surface area contributed by atoms with Gasteiger partial charge in [0, 0.05) is 26.1 Å². The molecule has 2 aromatic heterocycles. The summed E-state index contributed by atoms with van der Waals surface area (Å²) in [5.41, 5.74) is 1.69. The summed E-state index contributed by atoms with van der Waals surface area (Å²) in [6.07, 6.45) is -3.75. The number of imidazole rings is 1. The quantitative estimate of drug-likeness (QED) is 0.424. The standard InChI is InChI=1S/C31H39F3N6O4/c1-19-16-26(38-12-14-43-15-13-38)37-40-25(17-21-8-6-9-22(20(21)2)31(32,33)34)23(36-27(19)40)18-35-28(41)24-10-7-11-39(24)29(42)44-30(3,4)5/h6,8-9,16,24H,7,10-15,17-18H2,1-5H3,(H,35,41). The Morgan fingerprint density at radius 3 is 2.52 bits per heavy atom. The number of aryl methyl sites for hydroxylation is 1. The number of nitrogens with zero attached hydrogens (tertiary/aromatic N) is 5. The highest BCUT2D eigenvalue weighted by Crippen LogP contribution is 2.34. The molecule has 2 fully saturated rings. The average Bonchev–Trinajstić information content (AvgIpc) is 3.58. The Morgan fingerprint density at radius 1 is 1.11 bits per heavy atom. The van der Waals surface area contributed by atoms with Crippen molar-refractivity contribution in [2.45, 2.75) is 78.2 Å². The van der Waals surface area contributed by atoms with Crippen molar-refractivity contribution in [2.75, 3.05) is 37.7 Å². The number of fused-ring (bicyclic) bond motifs is 1. The van der Waals surface area contributed by atoms with E-state index in [0.29, 0.717) is 74.1 Å². The second kappa shape index (κ2) is 12.3. The number of rotatable bonds is 6. The summed E-state index contributed by atoms with van der Waals surface area (Å²) < 4.78 is 53.9. The third-order valence-electron chi connectivity index (χ3n) is 7.99. The van der Waals surface area contributed by atoms with Crippen molar-refractivity contribution in [2.24, 2.45) is 0 Å². The largest absolute Gasteiger partial charge is 0.444 e. The van der Waals surface area contributed by atoms with Crippen LogP contribution in [0.25, 0.3) is 5.65 Å². The van der Waals surface area contributed by atoms with Crippen molar-refractivity contribution in [3.8, 4) is 0 Å². The Bertz CT molecular complexity index is 1540. The van der Waals surface area contributed by atoms with Gasteiger partial charge in [0.2, 0.25) is 5.91 Å². The number of likely N-dealkylation sites (tertiary alicyclic amines) is 1. The topological polar surface area (TPSA) is 101 Å². The summed E-state index contributed by atoms with van der Waals surface area (Å²) in [6.45, 7) is 11.6. The van der Waals surface area contributed by atoms with Crippen molar-refractivity contribution in [3.05, 3.63) is 57.9 Å². The number of hydrogen-bond acceptors (Lipinski definition) is 7. The molecule has 1 unspecified atom stereocenters. The summed E-state index contributed by atoms with van der Waals surface area (Å²) in [4.78, 5) is 34.5. The van der Waals surface area contributed by atoms with Crippen LogP contribution in [0, 0.1) is 13.8 Å². The molecule has 1 aromatic carbocycles. The highest BCUT2D eigenvalue weighted by atomic mass is 19.4. The van der Waals surface area contributed by atoms with Crippen LogP contribution in [0.1, 0.15) is 67.3 Å². The van der Waals surface area contributed by atoms with E-state index in [1.54, 1.807) is 31.4 Å². The van der Waals surface area contributed by atoms with Crippen molar-refractivity contribution in [3.63, 3.8) is 0 Å². The molecule has 13 heteroatoms. The first kappa shape index (κ1) is 31.6. The van der Waals surface area contributed by atoms with E-state index in [9.17, 15) is 22.8 Å². The molecular formula is C31H39F3N6O4. The molecule has 10 nitrogen and oxygen atoms in total. The van der Waals surface area contributed by atoms with Gasteiger partial charge in [-0.3, -0.25) is 9.69 Å². The Kier molecular flexibility index (Phi) is 8.79. The number of ether oxygens (including phenoxy) is 2.